The predicted molar refractivity (Wildman–Crippen MR) is 75.9 cm³/mol. The topological polar surface area (TPSA) is 46.5 Å². The SMILES string of the molecule is O=C(O)[C@H]1CC2(O[C@@H]1CCCBr)SCCCS2. The van der Waals surface area contributed by atoms with Crippen LogP contribution in [0.1, 0.15) is 25.7 Å². The van der Waals surface area contributed by atoms with E-state index >= 15 is 0 Å². The zero-order valence-electron chi connectivity index (χ0n) is 9.56. The highest BCUT2D eigenvalue weighted by atomic mass is 79.9. The summed E-state index contributed by atoms with van der Waals surface area (Å²) in [5.41, 5.74) is 0. The van der Waals surface area contributed by atoms with E-state index in [9.17, 15) is 9.90 Å². The summed E-state index contributed by atoms with van der Waals surface area (Å²) in [6.45, 7) is 0. The van der Waals surface area contributed by atoms with Crippen LogP contribution in [0.15, 0.2) is 0 Å². The van der Waals surface area contributed by atoms with Gasteiger partial charge in [-0.1, -0.05) is 15.9 Å². The molecule has 2 saturated heterocycles. The van der Waals surface area contributed by atoms with Crippen LogP contribution >= 0.6 is 39.5 Å². The first-order chi connectivity index (χ1) is 8.17. The second-order valence-electron chi connectivity index (χ2n) is 4.37. The molecule has 2 aliphatic heterocycles. The van der Waals surface area contributed by atoms with E-state index in [1.165, 1.54) is 6.42 Å². The lowest BCUT2D eigenvalue weighted by atomic mass is 9.98. The van der Waals surface area contributed by atoms with E-state index in [4.69, 9.17) is 4.74 Å². The largest absolute Gasteiger partial charge is 0.481 e. The molecule has 6 heteroatoms. The van der Waals surface area contributed by atoms with Crippen LogP contribution in [0.2, 0.25) is 0 Å². The quantitative estimate of drug-likeness (QED) is 0.796. The maximum Gasteiger partial charge on any atom is 0.309 e. The van der Waals surface area contributed by atoms with Gasteiger partial charge < -0.3 is 9.84 Å². The summed E-state index contributed by atoms with van der Waals surface area (Å²) in [6, 6.07) is 0. The molecule has 0 bridgehead atoms. The van der Waals surface area contributed by atoms with E-state index in [1.807, 2.05) is 0 Å². The number of rotatable bonds is 4. The highest BCUT2D eigenvalue weighted by Gasteiger charge is 2.50. The lowest BCUT2D eigenvalue weighted by Gasteiger charge is -2.31. The summed E-state index contributed by atoms with van der Waals surface area (Å²) < 4.78 is 5.82. The molecular formula is C11H17BrO3S2. The van der Waals surface area contributed by atoms with Gasteiger partial charge in [0.1, 0.15) is 0 Å². The Morgan fingerprint density at radius 1 is 1.47 bits per heavy atom. The Balaban J connectivity index is 2.02. The zero-order chi connectivity index (χ0) is 12.3. The number of hydrogen-bond donors (Lipinski definition) is 1. The van der Waals surface area contributed by atoms with E-state index in [0.29, 0.717) is 6.42 Å². The van der Waals surface area contributed by atoms with Crippen LogP contribution in [0.3, 0.4) is 0 Å². The van der Waals surface area contributed by atoms with Gasteiger partial charge in [-0.2, -0.15) is 0 Å². The Labute approximate surface area is 119 Å². The minimum Gasteiger partial charge on any atom is -0.481 e. The van der Waals surface area contributed by atoms with Crippen LogP contribution in [0.25, 0.3) is 0 Å². The van der Waals surface area contributed by atoms with Gasteiger partial charge >= 0.3 is 5.97 Å². The molecule has 0 aromatic carbocycles. The van der Waals surface area contributed by atoms with Crippen molar-refractivity contribution >= 4 is 45.4 Å². The third-order valence-corrected chi connectivity index (χ3v) is 6.78. The highest BCUT2D eigenvalue weighted by molar-refractivity contribution is 9.09. The first-order valence-electron chi connectivity index (χ1n) is 5.91. The van der Waals surface area contributed by atoms with Crippen LogP contribution in [-0.2, 0) is 9.53 Å². The molecule has 17 heavy (non-hydrogen) atoms. The van der Waals surface area contributed by atoms with Gasteiger partial charge in [-0.25, -0.2) is 0 Å². The zero-order valence-corrected chi connectivity index (χ0v) is 12.8. The molecule has 0 aromatic heterocycles. The van der Waals surface area contributed by atoms with Gasteiger partial charge in [-0.05, 0) is 30.8 Å². The molecule has 3 nitrogen and oxygen atoms in total. The van der Waals surface area contributed by atoms with Gasteiger partial charge in [-0.3, -0.25) is 4.79 Å². The molecule has 2 rings (SSSR count). The summed E-state index contributed by atoms with van der Waals surface area (Å²) in [4.78, 5) is 11.3. The Morgan fingerprint density at radius 2 is 2.18 bits per heavy atom. The molecule has 0 aromatic rings. The molecule has 0 radical (unpaired) electrons. The van der Waals surface area contributed by atoms with E-state index in [-0.39, 0.29) is 16.3 Å². The first kappa shape index (κ1) is 14.0. The molecule has 0 unspecified atom stereocenters. The summed E-state index contributed by atoms with van der Waals surface area (Å²) in [6.07, 6.45) is 3.56. The molecule has 2 fully saturated rings. The van der Waals surface area contributed by atoms with Crippen LogP contribution < -0.4 is 0 Å². The van der Waals surface area contributed by atoms with Gasteiger partial charge in [0.25, 0.3) is 0 Å². The Hall–Kier alpha value is 0.610. The monoisotopic (exact) mass is 340 g/mol. The normalized spacial score (nSPS) is 31.8. The fourth-order valence-electron chi connectivity index (χ4n) is 2.29. The van der Waals surface area contributed by atoms with Crippen LogP contribution in [0, 0.1) is 5.92 Å². The molecule has 2 aliphatic rings. The Morgan fingerprint density at radius 3 is 2.76 bits per heavy atom. The number of ether oxygens (including phenoxy) is 1. The summed E-state index contributed by atoms with van der Waals surface area (Å²) >= 11 is 6.98. The van der Waals surface area contributed by atoms with Crippen LogP contribution in [0.4, 0.5) is 0 Å². The molecule has 1 spiro atoms. The molecule has 2 atom stereocenters. The first-order valence-corrected chi connectivity index (χ1v) is 9.01. The number of thioether (sulfide) groups is 2. The number of hydrogen-bond acceptors (Lipinski definition) is 4. The second-order valence-corrected chi connectivity index (χ2v) is 8.13. The third kappa shape index (κ3) is 3.33. The minimum atomic E-state index is -0.701. The van der Waals surface area contributed by atoms with Crippen molar-refractivity contribution in [2.45, 2.75) is 36.1 Å². The predicted octanol–water partition coefficient (Wildman–Crippen LogP) is 3.18. The smallest absolute Gasteiger partial charge is 0.309 e. The summed E-state index contributed by atoms with van der Waals surface area (Å²) in [5, 5.41) is 10.2. The van der Waals surface area contributed by atoms with Crippen molar-refractivity contribution in [1.82, 2.24) is 0 Å². The number of aliphatic carboxylic acids is 1. The average molecular weight is 341 g/mol. The second kappa shape index (κ2) is 6.17. The number of carboxylic acids is 1. The molecule has 0 saturated carbocycles. The van der Waals surface area contributed by atoms with E-state index in [0.717, 1.165) is 29.7 Å². The van der Waals surface area contributed by atoms with Crippen molar-refractivity contribution in [2.75, 3.05) is 16.8 Å². The fourth-order valence-corrected chi connectivity index (χ4v) is 5.81. The van der Waals surface area contributed by atoms with Crippen molar-refractivity contribution in [3.63, 3.8) is 0 Å². The van der Waals surface area contributed by atoms with Gasteiger partial charge in [0, 0.05) is 11.8 Å². The van der Waals surface area contributed by atoms with Crippen molar-refractivity contribution in [1.29, 1.82) is 0 Å². The average Bonchev–Trinajstić information content (AvgIpc) is 2.66. The molecule has 0 amide bonds. The lowest BCUT2D eigenvalue weighted by molar-refractivity contribution is -0.143. The third-order valence-electron chi connectivity index (χ3n) is 3.12. The van der Waals surface area contributed by atoms with Crippen molar-refractivity contribution in [2.24, 2.45) is 5.92 Å². The maximum absolute atomic E-state index is 11.3. The Kier molecular flexibility index (Phi) is 5.09. The van der Waals surface area contributed by atoms with Crippen LogP contribution in [0.5, 0.6) is 0 Å². The maximum atomic E-state index is 11.3. The van der Waals surface area contributed by atoms with E-state index in [1.54, 1.807) is 23.5 Å². The van der Waals surface area contributed by atoms with Gasteiger partial charge in [0.05, 0.1) is 12.0 Å². The van der Waals surface area contributed by atoms with Gasteiger partial charge in [0.15, 0.2) is 4.27 Å². The number of carbonyl (C=O) groups is 1. The Bertz CT molecular complexity index is 282. The molecule has 98 valence electrons. The number of halogens is 1. The van der Waals surface area contributed by atoms with E-state index < -0.39 is 5.97 Å². The van der Waals surface area contributed by atoms with Crippen molar-refractivity contribution in [3.8, 4) is 0 Å². The van der Waals surface area contributed by atoms with Gasteiger partial charge in [-0.15, -0.1) is 23.5 Å². The van der Waals surface area contributed by atoms with E-state index in [2.05, 4.69) is 15.9 Å². The number of carboxylic acid groups (broad SMARTS) is 1. The molecule has 2 heterocycles. The van der Waals surface area contributed by atoms with Crippen LogP contribution in [-0.4, -0.2) is 38.3 Å². The summed E-state index contributed by atoms with van der Waals surface area (Å²) in [7, 11) is 0. The molecule has 1 N–H and O–H groups in total. The standard InChI is InChI=1S/C11H17BrO3S2/c12-4-1-3-9-8(10(13)14)7-11(15-9)16-5-2-6-17-11/h8-9H,1-7H2,(H,13,14)/t8-,9+/m0/s1. The number of alkyl halides is 1. The van der Waals surface area contributed by atoms with Crippen molar-refractivity contribution in [3.05, 3.63) is 0 Å². The lowest BCUT2D eigenvalue weighted by Crippen LogP contribution is -2.25. The fraction of sp³-hybridized carbons (Fsp3) is 0.909. The highest BCUT2D eigenvalue weighted by Crippen LogP contribution is 2.53. The molecular weight excluding hydrogens is 324 g/mol. The minimum absolute atomic E-state index is 0.108. The molecule has 0 aliphatic carbocycles. The van der Waals surface area contributed by atoms with Gasteiger partial charge in [0.2, 0.25) is 0 Å². The van der Waals surface area contributed by atoms with Crippen molar-refractivity contribution < 1.29 is 14.6 Å². The summed E-state index contributed by atoms with van der Waals surface area (Å²) in [5.74, 6) is 1.15.